The fourth-order valence-electron chi connectivity index (χ4n) is 1.38. The summed E-state index contributed by atoms with van der Waals surface area (Å²) >= 11 is 0. The minimum Gasteiger partial charge on any atom is -0.356 e. The van der Waals surface area contributed by atoms with Crippen LogP contribution in [0.25, 0.3) is 0 Å². The zero-order valence-corrected chi connectivity index (χ0v) is 9.14. The van der Waals surface area contributed by atoms with Crippen LogP contribution >= 0.6 is 0 Å². The lowest BCUT2D eigenvalue weighted by atomic mass is 10.3. The maximum Gasteiger partial charge on any atom is 0.293 e. The topological polar surface area (TPSA) is 75.6 Å². The van der Waals surface area contributed by atoms with E-state index in [0.717, 1.165) is 5.82 Å². The molecule has 0 aromatic carbocycles. The molecule has 2 aromatic rings. The zero-order valence-electron chi connectivity index (χ0n) is 9.14. The number of nitrogens with zero attached hydrogens (tertiary/aromatic N) is 3. The molecule has 16 heavy (non-hydrogen) atoms. The van der Waals surface area contributed by atoms with Gasteiger partial charge < -0.3 is 14.9 Å². The van der Waals surface area contributed by atoms with Crippen LogP contribution in [0.1, 0.15) is 18.8 Å². The van der Waals surface area contributed by atoms with Crippen LogP contribution in [0.2, 0.25) is 0 Å². The number of rotatable bonds is 3. The molecule has 84 valence electrons. The standard InChI is InChI=1S/C10H13N5O/c1-7(8-11-3-4-12-8)14-9-10(16)15(2)6-5-13-9/h3-7H,1-2H3,(H,11,12)(H,13,14). The molecule has 1 atom stereocenters. The Morgan fingerprint density at radius 2 is 2.25 bits per heavy atom. The zero-order chi connectivity index (χ0) is 11.5. The van der Waals surface area contributed by atoms with Gasteiger partial charge in [-0.05, 0) is 6.92 Å². The Hall–Kier alpha value is -2.11. The van der Waals surface area contributed by atoms with Crippen LogP contribution < -0.4 is 10.9 Å². The smallest absolute Gasteiger partial charge is 0.293 e. The molecule has 2 rings (SSSR count). The first-order valence-corrected chi connectivity index (χ1v) is 4.96. The van der Waals surface area contributed by atoms with Gasteiger partial charge >= 0.3 is 0 Å². The summed E-state index contributed by atoms with van der Waals surface area (Å²) in [5.41, 5.74) is -0.152. The molecular formula is C10H13N5O. The number of nitrogens with one attached hydrogen (secondary N) is 2. The molecular weight excluding hydrogens is 206 g/mol. The van der Waals surface area contributed by atoms with Gasteiger partial charge in [0, 0.05) is 31.8 Å². The molecule has 0 saturated heterocycles. The Morgan fingerprint density at radius 1 is 1.44 bits per heavy atom. The molecule has 2 heterocycles. The fourth-order valence-corrected chi connectivity index (χ4v) is 1.38. The lowest BCUT2D eigenvalue weighted by Gasteiger charge is -2.11. The summed E-state index contributed by atoms with van der Waals surface area (Å²) < 4.78 is 1.48. The van der Waals surface area contributed by atoms with Crippen molar-refractivity contribution in [3.05, 3.63) is 41.0 Å². The van der Waals surface area contributed by atoms with Crippen LogP contribution in [-0.4, -0.2) is 19.5 Å². The minimum atomic E-state index is -0.152. The van der Waals surface area contributed by atoms with Crippen molar-refractivity contribution >= 4 is 5.82 Å². The molecule has 0 radical (unpaired) electrons. The molecule has 0 aliphatic heterocycles. The fraction of sp³-hybridized carbons (Fsp3) is 0.300. The first-order valence-electron chi connectivity index (χ1n) is 4.96. The monoisotopic (exact) mass is 219 g/mol. The molecule has 0 bridgehead atoms. The van der Waals surface area contributed by atoms with Crippen molar-refractivity contribution in [1.82, 2.24) is 19.5 Å². The summed E-state index contributed by atoms with van der Waals surface area (Å²) in [6, 6.07) is -0.0856. The van der Waals surface area contributed by atoms with Gasteiger partial charge in [-0.3, -0.25) is 4.79 Å². The van der Waals surface area contributed by atoms with Gasteiger partial charge in [-0.1, -0.05) is 0 Å². The number of aryl methyl sites for hydroxylation is 1. The molecule has 2 aromatic heterocycles. The van der Waals surface area contributed by atoms with Crippen molar-refractivity contribution < 1.29 is 0 Å². The number of hydrogen-bond donors (Lipinski definition) is 2. The quantitative estimate of drug-likeness (QED) is 0.795. The summed E-state index contributed by atoms with van der Waals surface area (Å²) in [7, 11) is 1.69. The first-order chi connectivity index (χ1) is 7.68. The third-order valence-electron chi connectivity index (χ3n) is 2.30. The predicted molar refractivity (Wildman–Crippen MR) is 60.1 cm³/mol. The van der Waals surface area contributed by atoms with E-state index in [1.165, 1.54) is 4.57 Å². The van der Waals surface area contributed by atoms with Crippen molar-refractivity contribution in [2.24, 2.45) is 7.05 Å². The normalized spacial score (nSPS) is 12.4. The van der Waals surface area contributed by atoms with Gasteiger partial charge in [-0.25, -0.2) is 9.97 Å². The number of imidazole rings is 1. The minimum absolute atomic E-state index is 0.0856. The van der Waals surface area contributed by atoms with E-state index in [4.69, 9.17) is 0 Å². The Balaban J connectivity index is 2.22. The second-order valence-corrected chi connectivity index (χ2v) is 3.53. The van der Waals surface area contributed by atoms with Crippen LogP contribution in [0.3, 0.4) is 0 Å². The highest BCUT2D eigenvalue weighted by Gasteiger charge is 2.10. The molecule has 0 amide bonds. The van der Waals surface area contributed by atoms with E-state index in [9.17, 15) is 4.79 Å². The summed E-state index contributed by atoms with van der Waals surface area (Å²) in [4.78, 5) is 22.8. The maximum atomic E-state index is 11.7. The molecule has 0 aliphatic carbocycles. The van der Waals surface area contributed by atoms with Crippen molar-refractivity contribution in [3.8, 4) is 0 Å². The van der Waals surface area contributed by atoms with Crippen molar-refractivity contribution in [3.63, 3.8) is 0 Å². The summed E-state index contributed by atoms with van der Waals surface area (Å²) in [6.07, 6.45) is 6.61. The average Bonchev–Trinajstić information content (AvgIpc) is 2.78. The van der Waals surface area contributed by atoms with Crippen LogP contribution in [-0.2, 0) is 7.05 Å². The van der Waals surface area contributed by atoms with E-state index < -0.39 is 0 Å². The number of aromatic amines is 1. The van der Waals surface area contributed by atoms with Gasteiger partial charge in [0.05, 0.1) is 6.04 Å². The summed E-state index contributed by atoms with van der Waals surface area (Å²) in [5, 5.41) is 3.02. The number of aromatic nitrogens is 4. The molecule has 0 spiro atoms. The molecule has 0 aliphatic rings. The Morgan fingerprint density at radius 3 is 2.94 bits per heavy atom. The molecule has 0 saturated carbocycles. The van der Waals surface area contributed by atoms with E-state index in [0.29, 0.717) is 5.82 Å². The van der Waals surface area contributed by atoms with Gasteiger partial charge in [0.15, 0.2) is 5.82 Å². The number of anilines is 1. The second kappa shape index (κ2) is 4.18. The third kappa shape index (κ3) is 1.95. The SMILES string of the molecule is CC(Nc1nccn(C)c1=O)c1ncc[nH]1. The van der Waals surface area contributed by atoms with E-state index >= 15 is 0 Å². The summed E-state index contributed by atoms with van der Waals surface area (Å²) in [6.45, 7) is 1.91. The highest BCUT2D eigenvalue weighted by Crippen LogP contribution is 2.10. The average molecular weight is 219 g/mol. The molecule has 2 N–H and O–H groups in total. The van der Waals surface area contributed by atoms with Crippen molar-refractivity contribution in [1.29, 1.82) is 0 Å². The van der Waals surface area contributed by atoms with Crippen molar-refractivity contribution in [2.75, 3.05) is 5.32 Å². The van der Waals surface area contributed by atoms with Gasteiger partial charge in [0.1, 0.15) is 5.82 Å². The number of hydrogen-bond acceptors (Lipinski definition) is 4. The van der Waals surface area contributed by atoms with Crippen LogP contribution in [0.5, 0.6) is 0 Å². The van der Waals surface area contributed by atoms with Gasteiger partial charge in [0.2, 0.25) is 0 Å². The lowest BCUT2D eigenvalue weighted by molar-refractivity contribution is 0.780. The van der Waals surface area contributed by atoms with Gasteiger partial charge in [0.25, 0.3) is 5.56 Å². The van der Waals surface area contributed by atoms with Crippen LogP contribution in [0.15, 0.2) is 29.6 Å². The van der Waals surface area contributed by atoms with Crippen molar-refractivity contribution in [2.45, 2.75) is 13.0 Å². The molecule has 1 unspecified atom stereocenters. The Bertz CT molecular complexity index is 516. The van der Waals surface area contributed by atoms with E-state index in [-0.39, 0.29) is 11.6 Å². The predicted octanol–water partition coefficient (Wildman–Crippen LogP) is 0.676. The summed E-state index contributed by atoms with van der Waals surface area (Å²) in [5.74, 6) is 1.10. The molecule has 0 fully saturated rings. The van der Waals surface area contributed by atoms with E-state index in [1.807, 2.05) is 6.92 Å². The van der Waals surface area contributed by atoms with Crippen LogP contribution in [0, 0.1) is 0 Å². The Kier molecular flexibility index (Phi) is 2.72. The second-order valence-electron chi connectivity index (χ2n) is 3.53. The Labute approximate surface area is 92.4 Å². The van der Waals surface area contributed by atoms with E-state index in [2.05, 4.69) is 20.3 Å². The highest BCUT2D eigenvalue weighted by atomic mass is 16.1. The highest BCUT2D eigenvalue weighted by molar-refractivity contribution is 5.33. The third-order valence-corrected chi connectivity index (χ3v) is 2.30. The maximum absolute atomic E-state index is 11.7. The van der Waals surface area contributed by atoms with Gasteiger partial charge in [-0.2, -0.15) is 0 Å². The van der Waals surface area contributed by atoms with Gasteiger partial charge in [-0.15, -0.1) is 0 Å². The lowest BCUT2D eigenvalue weighted by Crippen LogP contribution is -2.23. The first kappa shape index (κ1) is 10.4. The van der Waals surface area contributed by atoms with E-state index in [1.54, 1.807) is 31.8 Å². The molecule has 6 heteroatoms. The van der Waals surface area contributed by atoms with Crippen LogP contribution in [0.4, 0.5) is 5.82 Å². The molecule has 6 nitrogen and oxygen atoms in total. The number of H-pyrrole nitrogens is 1. The largest absolute Gasteiger partial charge is 0.356 e.